The third-order valence-corrected chi connectivity index (χ3v) is 8.55. The highest BCUT2D eigenvalue weighted by molar-refractivity contribution is 7.92. The molecule has 0 radical (unpaired) electrons. The highest BCUT2D eigenvalue weighted by Gasteiger charge is 2.34. The summed E-state index contributed by atoms with van der Waals surface area (Å²) in [6.07, 6.45) is 1.10. The fourth-order valence-electron chi connectivity index (χ4n) is 4.36. The number of rotatable bonds is 14. The molecule has 3 aromatic carbocycles. The SMILES string of the molecule is CCCNC(=O)[C@H](CC)N(Cc1ccc(C)cc1)C(=O)CN(c1ccccc1OCC)S(=O)(=O)c1ccc(Cl)cc1. The summed E-state index contributed by atoms with van der Waals surface area (Å²) in [5.41, 5.74) is 2.11. The van der Waals surface area contributed by atoms with Crippen LogP contribution in [0.4, 0.5) is 5.69 Å². The number of sulfonamides is 1. The molecule has 0 fully saturated rings. The smallest absolute Gasteiger partial charge is 0.264 e. The van der Waals surface area contributed by atoms with Gasteiger partial charge >= 0.3 is 0 Å². The fourth-order valence-corrected chi connectivity index (χ4v) is 5.91. The van der Waals surface area contributed by atoms with Gasteiger partial charge in [-0.3, -0.25) is 13.9 Å². The van der Waals surface area contributed by atoms with Crippen LogP contribution in [0, 0.1) is 6.92 Å². The van der Waals surface area contributed by atoms with Gasteiger partial charge in [0.2, 0.25) is 11.8 Å². The molecule has 0 aliphatic carbocycles. The standard InChI is InChI=1S/C31H38ClN3O5S/c1-5-20-33-31(37)27(6-2)34(21-24-14-12-23(4)13-15-24)30(36)22-35(28-10-8-9-11-29(28)40-7-3)41(38,39)26-18-16-25(32)17-19-26/h8-19,27H,5-7,20-22H2,1-4H3,(H,33,37)/t27-/m0/s1. The van der Waals surface area contributed by atoms with E-state index in [0.717, 1.165) is 21.9 Å². The van der Waals surface area contributed by atoms with E-state index in [1.54, 1.807) is 31.2 Å². The summed E-state index contributed by atoms with van der Waals surface area (Å²) in [5, 5.41) is 3.27. The summed E-state index contributed by atoms with van der Waals surface area (Å²) in [5.74, 6) is -0.484. The average molecular weight is 600 g/mol. The average Bonchev–Trinajstić information content (AvgIpc) is 2.96. The highest BCUT2D eigenvalue weighted by atomic mass is 35.5. The molecule has 3 rings (SSSR count). The summed E-state index contributed by atoms with van der Waals surface area (Å²) < 4.78 is 34.9. The van der Waals surface area contributed by atoms with E-state index in [4.69, 9.17) is 16.3 Å². The molecule has 0 saturated carbocycles. The van der Waals surface area contributed by atoms with Crippen molar-refractivity contribution in [2.45, 2.75) is 58.0 Å². The number of anilines is 1. The summed E-state index contributed by atoms with van der Waals surface area (Å²) in [4.78, 5) is 28.8. The van der Waals surface area contributed by atoms with Crippen molar-refractivity contribution in [3.05, 3.63) is 88.9 Å². The maximum Gasteiger partial charge on any atom is 0.264 e. The quantitative estimate of drug-likeness (QED) is 0.261. The second-order valence-corrected chi connectivity index (χ2v) is 11.9. The lowest BCUT2D eigenvalue weighted by molar-refractivity contribution is -0.140. The minimum Gasteiger partial charge on any atom is -0.492 e. The second kappa shape index (κ2) is 14.9. The first kappa shape index (κ1) is 32.0. The fraction of sp³-hybridized carbons (Fsp3) is 0.355. The topological polar surface area (TPSA) is 96.0 Å². The van der Waals surface area contributed by atoms with Crippen LogP contribution in [-0.2, 0) is 26.2 Å². The van der Waals surface area contributed by atoms with Crippen molar-refractivity contribution < 1.29 is 22.7 Å². The summed E-state index contributed by atoms with van der Waals surface area (Å²) >= 11 is 6.03. The number of benzene rings is 3. The van der Waals surface area contributed by atoms with Gasteiger partial charge in [-0.25, -0.2) is 8.42 Å². The predicted octanol–water partition coefficient (Wildman–Crippen LogP) is 5.58. The number of amides is 2. The normalized spacial score (nSPS) is 11.9. The molecule has 220 valence electrons. The van der Waals surface area contributed by atoms with Crippen molar-refractivity contribution >= 4 is 39.1 Å². The molecule has 0 heterocycles. The van der Waals surface area contributed by atoms with Gasteiger partial charge in [0.1, 0.15) is 18.3 Å². The van der Waals surface area contributed by atoms with Gasteiger partial charge in [0, 0.05) is 18.1 Å². The largest absolute Gasteiger partial charge is 0.492 e. The van der Waals surface area contributed by atoms with Crippen LogP contribution >= 0.6 is 11.6 Å². The molecule has 2 amide bonds. The Bertz CT molecular complexity index is 1410. The number of nitrogens with zero attached hydrogens (tertiary/aromatic N) is 2. The first-order valence-corrected chi connectivity index (χ1v) is 15.6. The second-order valence-electron chi connectivity index (χ2n) is 9.59. The Balaban J connectivity index is 2.09. The first-order chi connectivity index (χ1) is 19.6. The van der Waals surface area contributed by atoms with Crippen molar-refractivity contribution in [2.75, 3.05) is 24.0 Å². The van der Waals surface area contributed by atoms with E-state index < -0.39 is 28.5 Å². The van der Waals surface area contributed by atoms with Crippen LogP contribution in [-0.4, -0.2) is 50.9 Å². The first-order valence-electron chi connectivity index (χ1n) is 13.7. The number of nitrogens with one attached hydrogen (secondary N) is 1. The number of carbonyl (C=O) groups excluding carboxylic acids is 2. The Morgan fingerprint density at radius 2 is 1.61 bits per heavy atom. The van der Waals surface area contributed by atoms with Gasteiger partial charge in [-0.15, -0.1) is 0 Å². The third-order valence-electron chi connectivity index (χ3n) is 6.52. The predicted molar refractivity (Wildman–Crippen MR) is 163 cm³/mol. The van der Waals surface area contributed by atoms with E-state index in [9.17, 15) is 18.0 Å². The molecule has 1 atom stereocenters. The lowest BCUT2D eigenvalue weighted by Crippen LogP contribution is -2.52. The summed E-state index contributed by atoms with van der Waals surface area (Å²) in [6, 6.07) is 19.3. The molecule has 8 nitrogen and oxygen atoms in total. The summed E-state index contributed by atoms with van der Waals surface area (Å²) in [7, 11) is -4.24. The van der Waals surface area contributed by atoms with Gasteiger partial charge < -0.3 is 15.0 Å². The van der Waals surface area contributed by atoms with Crippen LogP contribution in [0.2, 0.25) is 5.02 Å². The van der Waals surface area contributed by atoms with Crippen LogP contribution in [0.25, 0.3) is 0 Å². The van der Waals surface area contributed by atoms with Gasteiger partial charge in [-0.1, -0.05) is 67.4 Å². The lowest BCUT2D eigenvalue weighted by Gasteiger charge is -2.33. The number of hydrogen-bond donors (Lipinski definition) is 1. The molecule has 0 bridgehead atoms. The number of ether oxygens (including phenoxy) is 1. The molecular weight excluding hydrogens is 562 g/mol. The molecule has 3 aromatic rings. The van der Waals surface area contributed by atoms with E-state index in [-0.39, 0.29) is 23.0 Å². The molecule has 10 heteroatoms. The number of aryl methyl sites for hydroxylation is 1. The highest BCUT2D eigenvalue weighted by Crippen LogP contribution is 2.33. The Hall–Kier alpha value is -3.56. The Labute approximate surface area is 248 Å². The van der Waals surface area contributed by atoms with Crippen LogP contribution < -0.4 is 14.4 Å². The monoisotopic (exact) mass is 599 g/mol. The Morgan fingerprint density at radius 1 is 0.951 bits per heavy atom. The zero-order valence-electron chi connectivity index (χ0n) is 24.0. The molecule has 0 aliphatic rings. The van der Waals surface area contributed by atoms with E-state index in [1.165, 1.54) is 29.2 Å². The molecular formula is C31H38ClN3O5S. The lowest BCUT2D eigenvalue weighted by atomic mass is 10.1. The minimum absolute atomic E-state index is 0.0289. The minimum atomic E-state index is -4.24. The van der Waals surface area contributed by atoms with Crippen molar-refractivity contribution in [1.82, 2.24) is 10.2 Å². The van der Waals surface area contributed by atoms with Crippen LogP contribution in [0.1, 0.15) is 44.7 Å². The molecule has 0 saturated heterocycles. The van der Waals surface area contributed by atoms with Gasteiger partial charge in [0.25, 0.3) is 10.0 Å². The van der Waals surface area contributed by atoms with Crippen molar-refractivity contribution in [2.24, 2.45) is 0 Å². The maximum atomic E-state index is 14.2. The molecule has 0 aromatic heterocycles. The zero-order valence-corrected chi connectivity index (χ0v) is 25.5. The Morgan fingerprint density at radius 3 is 2.22 bits per heavy atom. The Kier molecular flexibility index (Phi) is 11.6. The van der Waals surface area contributed by atoms with E-state index in [0.29, 0.717) is 30.3 Å². The van der Waals surface area contributed by atoms with Crippen LogP contribution in [0.15, 0.2) is 77.7 Å². The van der Waals surface area contributed by atoms with E-state index in [2.05, 4.69) is 5.32 Å². The molecule has 1 N–H and O–H groups in total. The third kappa shape index (κ3) is 8.24. The molecule has 0 unspecified atom stereocenters. The van der Waals surface area contributed by atoms with E-state index >= 15 is 0 Å². The van der Waals surface area contributed by atoms with E-state index in [1.807, 2.05) is 45.0 Å². The van der Waals surface area contributed by atoms with Crippen molar-refractivity contribution in [3.63, 3.8) is 0 Å². The number of para-hydroxylation sites is 2. The van der Waals surface area contributed by atoms with Gasteiger partial charge in [0.05, 0.1) is 17.2 Å². The number of hydrogen-bond acceptors (Lipinski definition) is 5. The molecule has 0 aliphatic heterocycles. The van der Waals surface area contributed by atoms with Crippen molar-refractivity contribution in [1.29, 1.82) is 0 Å². The van der Waals surface area contributed by atoms with Crippen molar-refractivity contribution in [3.8, 4) is 5.75 Å². The van der Waals surface area contributed by atoms with Gasteiger partial charge in [0.15, 0.2) is 0 Å². The number of carbonyl (C=O) groups is 2. The van der Waals surface area contributed by atoms with Gasteiger partial charge in [-0.2, -0.15) is 0 Å². The number of halogens is 1. The van der Waals surface area contributed by atoms with Crippen LogP contribution in [0.5, 0.6) is 5.75 Å². The molecule has 41 heavy (non-hydrogen) atoms. The molecule has 0 spiro atoms. The zero-order chi connectivity index (χ0) is 30.0. The summed E-state index contributed by atoms with van der Waals surface area (Å²) in [6.45, 7) is 7.91. The van der Waals surface area contributed by atoms with Crippen LogP contribution in [0.3, 0.4) is 0 Å². The van der Waals surface area contributed by atoms with Gasteiger partial charge in [-0.05, 0) is 68.7 Å². The maximum absolute atomic E-state index is 14.2.